The number of carbonyl (C=O) groups excluding carboxylic acids is 1. The molecule has 2 rings (SSSR count). The van der Waals surface area contributed by atoms with Gasteiger partial charge in [0.05, 0.1) is 12.0 Å². The van der Waals surface area contributed by atoms with Crippen molar-refractivity contribution < 1.29 is 9.53 Å². The maximum absolute atomic E-state index is 12.0. The second-order valence-corrected chi connectivity index (χ2v) is 5.19. The lowest BCUT2D eigenvalue weighted by Crippen LogP contribution is -2.34. The molecule has 0 saturated heterocycles. The van der Waals surface area contributed by atoms with Crippen molar-refractivity contribution in [1.29, 1.82) is 0 Å². The van der Waals surface area contributed by atoms with Gasteiger partial charge in [-0.3, -0.25) is 4.79 Å². The van der Waals surface area contributed by atoms with Gasteiger partial charge in [-0.2, -0.15) is 0 Å². The average Bonchev–Trinajstić information content (AvgIpc) is 2.68. The van der Waals surface area contributed by atoms with E-state index >= 15 is 0 Å². The molecule has 2 nitrogen and oxygen atoms in total. The molecular formula is C13H19O2. The largest absolute Gasteiger partial charge is 0.465 e. The molecule has 0 aromatic carbocycles. The molecule has 1 unspecified atom stereocenters. The van der Waals surface area contributed by atoms with E-state index in [1.807, 2.05) is 6.92 Å². The van der Waals surface area contributed by atoms with E-state index in [9.17, 15) is 4.79 Å². The second-order valence-electron chi connectivity index (χ2n) is 5.19. The van der Waals surface area contributed by atoms with Gasteiger partial charge in [-0.15, -0.1) is 0 Å². The lowest BCUT2D eigenvalue weighted by Gasteiger charge is -2.36. The molecule has 0 heterocycles. The number of esters is 1. The highest BCUT2D eigenvalue weighted by atomic mass is 16.5. The summed E-state index contributed by atoms with van der Waals surface area (Å²) >= 11 is 0. The Balaban J connectivity index is 2.31. The molecule has 2 aliphatic rings. The van der Waals surface area contributed by atoms with Crippen LogP contribution in [-0.2, 0) is 9.53 Å². The summed E-state index contributed by atoms with van der Waals surface area (Å²) in [4.78, 5) is 12.0. The predicted molar refractivity (Wildman–Crippen MR) is 59.1 cm³/mol. The molecule has 0 amide bonds. The third kappa shape index (κ3) is 1.20. The Morgan fingerprint density at radius 3 is 2.67 bits per heavy atom. The van der Waals surface area contributed by atoms with Gasteiger partial charge in [0.25, 0.3) is 0 Å². The van der Waals surface area contributed by atoms with E-state index in [0.717, 1.165) is 24.8 Å². The SMILES string of the molecule is C=C1C(C)(C)[C]2CCC1(C(=O)OCC)C2. The molecule has 2 fully saturated rings. The summed E-state index contributed by atoms with van der Waals surface area (Å²) in [5.74, 6) is 1.41. The van der Waals surface area contributed by atoms with E-state index in [0.29, 0.717) is 6.61 Å². The van der Waals surface area contributed by atoms with Crippen LogP contribution in [0.3, 0.4) is 0 Å². The molecule has 83 valence electrons. The first-order valence-electron chi connectivity index (χ1n) is 5.67. The summed E-state index contributed by atoms with van der Waals surface area (Å²) in [6.45, 7) is 10.8. The summed E-state index contributed by atoms with van der Waals surface area (Å²) < 4.78 is 5.20. The molecule has 2 bridgehead atoms. The third-order valence-electron chi connectivity index (χ3n) is 4.25. The quantitative estimate of drug-likeness (QED) is 0.514. The fraction of sp³-hybridized carbons (Fsp3) is 0.692. The first-order valence-corrected chi connectivity index (χ1v) is 5.67. The lowest BCUT2D eigenvalue weighted by atomic mass is 9.68. The summed E-state index contributed by atoms with van der Waals surface area (Å²) in [6, 6.07) is 0. The normalized spacial score (nSPS) is 33.4. The van der Waals surface area contributed by atoms with Gasteiger partial charge in [0, 0.05) is 0 Å². The van der Waals surface area contributed by atoms with Gasteiger partial charge in [0.2, 0.25) is 0 Å². The summed E-state index contributed by atoms with van der Waals surface area (Å²) in [7, 11) is 0. The van der Waals surface area contributed by atoms with Crippen molar-refractivity contribution in [2.75, 3.05) is 6.61 Å². The predicted octanol–water partition coefficient (Wildman–Crippen LogP) is 2.89. The molecule has 0 spiro atoms. The van der Waals surface area contributed by atoms with Crippen LogP contribution in [0, 0.1) is 16.7 Å². The highest BCUT2D eigenvalue weighted by molar-refractivity contribution is 5.84. The van der Waals surface area contributed by atoms with Gasteiger partial charge < -0.3 is 4.74 Å². The molecule has 0 aliphatic heterocycles. The van der Waals surface area contributed by atoms with E-state index in [1.54, 1.807) is 0 Å². The Morgan fingerprint density at radius 2 is 2.20 bits per heavy atom. The number of ether oxygens (including phenoxy) is 1. The van der Waals surface area contributed by atoms with Crippen molar-refractivity contribution in [2.45, 2.75) is 40.0 Å². The van der Waals surface area contributed by atoms with Crippen LogP contribution < -0.4 is 0 Å². The lowest BCUT2D eigenvalue weighted by molar-refractivity contribution is -0.152. The van der Waals surface area contributed by atoms with Crippen LogP contribution in [0.4, 0.5) is 0 Å². The number of fused-ring (bicyclic) bond motifs is 2. The maximum atomic E-state index is 12.0. The smallest absolute Gasteiger partial charge is 0.316 e. The van der Waals surface area contributed by atoms with Gasteiger partial charge >= 0.3 is 5.97 Å². The molecular weight excluding hydrogens is 188 g/mol. The Kier molecular flexibility index (Phi) is 2.21. The highest BCUT2D eigenvalue weighted by Gasteiger charge is 2.62. The van der Waals surface area contributed by atoms with Gasteiger partial charge in [0.15, 0.2) is 0 Å². The molecule has 1 radical (unpaired) electrons. The number of carbonyl (C=O) groups is 1. The zero-order valence-electron chi connectivity index (χ0n) is 9.85. The van der Waals surface area contributed by atoms with Crippen LogP contribution in [0.25, 0.3) is 0 Å². The molecule has 0 N–H and O–H groups in total. The van der Waals surface area contributed by atoms with Crippen molar-refractivity contribution in [2.24, 2.45) is 10.8 Å². The first-order chi connectivity index (χ1) is 6.95. The molecule has 2 aliphatic carbocycles. The minimum Gasteiger partial charge on any atom is -0.465 e. The van der Waals surface area contributed by atoms with Crippen LogP contribution in [-0.4, -0.2) is 12.6 Å². The first kappa shape index (κ1) is 10.7. The fourth-order valence-electron chi connectivity index (χ4n) is 3.07. The summed E-state index contributed by atoms with van der Waals surface area (Å²) in [5.41, 5.74) is 0.717. The zero-order chi connectivity index (χ0) is 11.3. The van der Waals surface area contributed by atoms with Crippen molar-refractivity contribution in [3.05, 3.63) is 18.1 Å². The van der Waals surface area contributed by atoms with Crippen LogP contribution in [0.15, 0.2) is 12.2 Å². The molecule has 15 heavy (non-hydrogen) atoms. The number of rotatable bonds is 2. The van der Waals surface area contributed by atoms with Gasteiger partial charge in [0.1, 0.15) is 0 Å². The standard InChI is InChI=1S/C13H19O2/c1-5-15-11(14)13-7-6-10(8-13)12(3,4)9(13)2/h2,5-8H2,1,3-4H3. The zero-order valence-corrected chi connectivity index (χ0v) is 9.85. The number of hydrogen-bond acceptors (Lipinski definition) is 2. The summed E-state index contributed by atoms with van der Waals surface area (Å²) in [6.07, 6.45) is 2.84. The van der Waals surface area contributed by atoms with Crippen molar-refractivity contribution in [3.8, 4) is 0 Å². The van der Waals surface area contributed by atoms with E-state index in [-0.39, 0.29) is 16.8 Å². The van der Waals surface area contributed by atoms with Crippen molar-refractivity contribution in [3.63, 3.8) is 0 Å². The fourth-order valence-corrected chi connectivity index (χ4v) is 3.07. The van der Waals surface area contributed by atoms with E-state index in [2.05, 4.69) is 20.4 Å². The Morgan fingerprint density at radius 1 is 1.53 bits per heavy atom. The Labute approximate surface area is 91.7 Å². The Bertz CT molecular complexity index is 316. The molecule has 0 aromatic rings. The number of hydrogen-bond donors (Lipinski definition) is 0. The molecule has 2 heteroatoms. The van der Waals surface area contributed by atoms with Gasteiger partial charge in [-0.1, -0.05) is 26.0 Å². The van der Waals surface area contributed by atoms with Crippen molar-refractivity contribution in [1.82, 2.24) is 0 Å². The third-order valence-corrected chi connectivity index (χ3v) is 4.25. The molecule has 0 aromatic heterocycles. The maximum Gasteiger partial charge on any atom is 0.316 e. The topological polar surface area (TPSA) is 26.3 Å². The van der Waals surface area contributed by atoms with Gasteiger partial charge in [-0.05, 0) is 37.5 Å². The molecule has 2 saturated carbocycles. The minimum absolute atomic E-state index is 0.0327. The van der Waals surface area contributed by atoms with Crippen LogP contribution in [0.2, 0.25) is 0 Å². The van der Waals surface area contributed by atoms with Crippen molar-refractivity contribution >= 4 is 5.97 Å². The second kappa shape index (κ2) is 3.10. The van der Waals surface area contributed by atoms with E-state index < -0.39 is 0 Å². The van der Waals surface area contributed by atoms with Crippen LogP contribution >= 0.6 is 0 Å². The molecule has 1 atom stereocenters. The van der Waals surface area contributed by atoms with Gasteiger partial charge in [-0.25, -0.2) is 0 Å². The monoisotopic (exact) mass is 207 g/mol. The highest BCUT2D eigenvalue weighted by Crippen LogP contribution is 2.66. The van der Waals surface area contributed by atoms with E-state index in [4.69, 9.17) is 4.74 Å². The average molecular weight is 207 g/mol. The van der Waals surface area contributed by atoms with E-state index in [1.165, 1.54) is 5.92 Å². The van der Waals surface area contributed by atoms with Crippen LogP contribution in [0.5, 0.6) is 0 Å². The minimum atomic E-state index is -0.380. The summed E-state index contributed by atoms with van der Waals surface area (Å²) in [5, 5.41) is 0. The Hall–Kier alpha value is -0.790. The van der Waals surface area contributed by atoms with Crippen LogP contribution in [0.1, 0.15) is 40.0 Å².